The van der Waals surface area contributed by atoms with Crippen LogP contribution < -0.4 is 10.2 Å². The average molecular weight is 381 g/mol. The number of carbonyl (C=O) groups excluding carboxylic acids is 2. The molecule has 0 heterocycles. The summed E-state index contributed by atoms with van der Waals surface area (Å²) in [6.45, 7) is 5.85. The fraction of sp³-hybridized carbons (Fsp3) is 0.471. The number of ketones is 1. The number of ether oxygens (including phenoxy) is 1. The lowest BCUT2D eigenvalue weighted by Crippen LogP contribution is -2.32. The molecule has 1 aliphatic carbocycles. The van der Waals surface area contributed by atoms with Crippen molar-refractivity contribution in [1.82, 2.24) is 5.43 Å². The summed E-state index contributed by atoms with van der Waals surface area (Å²) in [6.07, 6.45) is 1.59. The molecule has 0 radical (unpaired) electrons. The molecule has 0 unspecified atom stereocenters. The van der Waals surface area contributed by atoms with Crippen molar-refractivity contribution < 1.29 is 14.3 Å². The average Bonchev–Trinajstić information content (AvgIpc) is 2.42. The molecule has 1 N–H and O–H groups in total. The number of rotatable bonds is 4. The summed E-state index contributed by atoms with van der Waals surface area (Å²) in [5, 5.41) is 4.09. The maximum atomic E-state index is 11.8. The number of benzene rings is 1. The van der Waals surface area contributed by atoms with Gasteiger partial charge in [0, 0.05) is 23.0 Å². The molecule has 0 aromatic heterocycles. The van der Waals surface area contributed by atoms with Crippen molar-refractivity contribution in [2.45, 2.75) is 40.0 Å². The first kappa shape index (κ1) is 17.7. The predicted octanol–water partition coefficient (Wildman–Crippen LogP) is 3.39. The lowest BCUT2D eigenvalue weighted by molar-refractivity contribution is -0.123. The Bertz CT molecular complexity index is 653. The van der Waals surface area contributed by atoms with Gasteiger partial charge in [-0.15, -0.1) is 0 Å². The zero-order chi connectivity index (χ0) is 17.0. The van der Waals surface area contributed by atoms with Gasteiger partial charge in [-0.1, -0.05) is 29.8 Å². The molecule has 0 atom stereocenters. The standard InChI is InChI=1S/C17H21BrN2O3/c1-11-6-12(18)4-5-15(11)23-10-16(22)20-19-13-7-14(21)9-17(2,3)8-13/h4-6H,7-10H2,1-3H3,(H,20,22)/b19-13-. The van der Waals surface area contributed by atoms with Gasteiger partial charge in [-0.3, -0.25) is 9.59 Å². The first-order valence-corrected chi connectivity index (χ1v) is 8.29. The normalized spacial score (nSPS) is 18.8. The smallest absolute Gasteiger partial charge is 0.277 e. The third-order valence-electron chi connectivity index (χ3n) is 3.59. The molecule has 0 bridgehead atoms. The topological polar surface area (TPSA) is 67.8 Å². The van der Waals surface area contributed by atoms with Crippen LogP contribution in [-0.4, -0.2) is 24.0 Å². The second-order valence-corrected chi connectivity index (χ2v) is 7.56. The molecular formula is C17H21BrN2O3. The summed E-state index contributed by atoms with van der Waals surface area (Å²) in [5.41, 5.74) is 4.05. The van der Waals surface area contributed by atoms with Crippen LogP contribution in [-0.2, 0) is 9.59 Å². The van der Waals surface area contributed by atoms with Crippen LogP contribution in [0.15, 0.2) is 27.8 Å². The summed E-state index contributed by atoms with van der Waals surface area (Å²) in [5.74, 6) is 0.483. The van der Waals surface area contributed by atoms with Crippen LogP contribution in [0.4, 0.5) is 0 Å². The highest BCUT2D eigenvalue weighted by Gasteiger charge is 2.30. The van der Waals surface area contributed by atoms with Gasteiger partial charge in [0.05, 0.1) is 0 Å². The van der Waals surface area contributed by atoms with E-state index in [0.717, 1.165) is 15.7 Å². The number of Topliss-reactive ketones (excluding diaryl/α,β-unsaturated/α-hetero) is 1. The Morgan fingerprint density at radius 2 is 2.13 bits per heavy atom. The molecule has 1 fully saturated rings. The van der Waals surface area contributed by atoms with E-state index in [1.807, 2.05) is 32.9 Å². The van der Waals surface area contributed by atoms with Crippen LogP contribution in [0.2, 0.25) is 0 Å². The van der Waals surface area contributed by atoms with Crippen LogP contribution in [0.3, 0.4) is 0 Å². The number of amides is 1. The molecule has 1 aromatic rings. The van der Waals surface area contributed by atoms with E-state index >= 15 is 0 Å². The number of aryl methyl sites for hydroxylation is 1. The van der Waals surface area contributed by atoms with E-state index in [1.165, 1.54) is 0 Å². The molecule has 124 valence electrons. The maximum absolute atomic E-state index is 11.8. The minimum atomic E-state index is -0.337. The molecule has 0 spiro atoms. The minimum Gasteiger partial charge on any atom is -0.483 e. The van der Waals surface area contributed by atoms with Gasteiger partial charge < -0.3 is 4.74 Å². The molecule has 5 nitrogen and oxygen atoms in total. The number of nitrogens with one attached hydrogen (secondary N) is 1. The van der Waals surface area contributed by atoms with E-state index in [4.69, 9.17) is 4.74 Å². The number of carbonyl (C=O) groups is 2. The van der Waals surface area contributed by atoms with Gasteiger partial charge in [-0.05, 0) is 42.5 Å². The van der Waals surface area contributed by atoms with Gasteiger partial charge in [0.25, 0.3) is 5.91 Å². The highest BCUT2D eigenvalue weighted by molar-refractivity contribution is 9.10. The Morgan fingerprint density at radius 3 is 2.78 bits per heavy atom. The Morgan fingerprint density at radius 1 is 1.39 bits per heavy atom. The molecule has 0 saturated heterocycles. The van der Waals surface area contributed by atoms with Gasteiger partial charge in [0.2, 0.25) is 0 Å². The molecule has 23 heavy (non-hydrogen) atoms. The zero-order valence-corrected chi connectivity index (χ0v) is 15.2. The first-order valence-electron chi connectivity index (χ1n) is 7.50. The fourth-order valence-electron chi connectivity index (χ4n) is 2.67. The van der Waals surface area contributed by atoms with E-state index in [0.29, 0.717) is 25.0 Å². The van der Waals surface area contributed by atoms with Gasteiger partial charge in [0.15, 0.2) is 6.61 Å². The second-order valence-electron chi connectivity index (χ2n) is 6.64. The lowest BCUT2D eigenvalue weighted by atomic mass is 9.76. The minimum absolute atomic E-state index is 0.0933. The van der Waals surface area contributed by atoms with E-state index in [-0.39, 0.29) is 23.7 Å². The highest BCUT2D eigenvalue weighted by atomic mass is 79.9. The monoisotopic (exact) mass is 380 g/mol. The SMILES string of the molecule is Cc1cc(Br)ccc1OCC(=O)N/N=C1/CC(=O)CC(C)(C)C1. The molecule has 1 aliphatic rings. The largest absolute Gasteiger partial charge is 0.483 e. The Balaban J connectivity index is 1.87. The van der Waals surface area contributed by atoms with Crippen molar-refractivity contribution in [3.63, 3.8) is 0 Å². The zero-order valence-electron chi connectivity index (χ0n) is 13.6. The van der Waals surface area contributed by atoms with E-state index in [2.05, 4.69) is 26.5 Å². The summed E-state index contributed by atoms with van der Waals surface area (Å²) in [7, 11) is 0. The van der Waals surface area contributed by atoms with Crippen molar-refractivity contribution in [3.05, 3.63) is 28.2 Å². The lowest BCUT2D eigenvalue weighted by Gasteiger charge is -2.28. The third-order valence-corrected chi connectivity index (χ3v) is 4.09. The quantitative estimate of drug-likeness (QED) is 0.813. The van der Waals surface area contributed by atoms with Crippen LogP contribution >= 0.6 is 15.9 Å². The molecular weight excluding hydrogens is 360 g/mol. The molecule has 6 heteroatoms. The summed E-state index contributed by atoms with van der Waals surface area (Å²) >= 11 is 3.38. The third kappa shape index (κ3) is 5.46. The van der Waals surface area contributed by atoms with Gasteiger partial charge in [-0.2, -0.15) is 5.10 Å². The van der Waals surface area contributed by atoms with Crippen LogP contribution in [0, 0.1) is 12.3 Å². The highest BCUT2D eigenvalue weighted by Crippen LogP contribution is 2.31. The van der Waals surface area contributed by atoms with E-state index in [9.17, 15) is 9.59 Å². The van der Waals surface area contributed by atoms with Gasteiger partial charge in [-0.25, -0.2) is 5.43 Å². The second kappa shape index (κ2) is 7.25. The van der Waals surface area contributed by atoms with Gasteiger partial charge >= 0.3 is 0 Å². The van der Waals surface area contributed by atoms with E-state index in [1.54, 1.807) is 6.07 Å². The van der Waals surface area contributed by atoms with Crippen LogP contribution in [0.25, 0.3) is 0 Å². The summed E-state index contributed by atoms with van der Waals surface area (Å²) in [4.78, 5) is 23.5. The van der Waals surface area contributed by atoms with Crippen molar-refractivity contribution >= 4 is 33.3 Å². The van der Waals surface area contributed by atoms with Crippen LogP contribution in [0.1, 0.15) is 38.7 Å². The summed E-state index contributed by atoms with van der Waals surface area (Å²) < 4.78 is 6.45. The Hall–Kier alpha value is -1.69. The van der Waals surface area contributed by atoms with Crippen molar-refractivity contribution in [3.8, 4) is 5.75 Å². The molecule has 2 rings (SSSR count). The Labute approximate surface area is 144 Å². The maximum Gasteiger partial charge on any atom is 0.277 e. The number of nitrogens with zero attached hydrogens (tertiary/aromatic N) is 1. The Kier molecular flexibility index (Phi) is 5.57. The number of hydrogen-bond acceptors (Lipinski definition) is 4. The molecule has 1 saturated carbocycles. The molecule has 1 amide bonds. The molecule has 1 aromatic carbocycles. The van der Waals surface area contributed by atoms with Gasteiger partial charge in [0.1, 0.15) is 11.5 Å². The van der Waals surface area contributed by atoms with Crippen molar-refractivity contribution in [1.29, 1.82) is 0 Å². The number of hydrazone groups is 1. The van der Waals surface area contributed by atoms with E-state index < -0.39 is 0 Å². The van der Waals surface area contributed by atoms with Crippen LogP contribution in [0.5, 0.6) is 5.75 Å². The van der Waals surface area contributed by atoms with Crippen molar-refractivity contribution in [2.24, 2.45) is 10.5 Å². The first-order chi connectivity index (χ1) is 10.7. The molecule has 0 aliphatic heterocycles. The predicted molar refractivity (Wildman–Crippen MR) is 92.6 cm³/mol. The number of halogens is 1. The fourth-order valence-corrected chi connectivity index (χ4v) is 3.15. The van der Waals surface area contributed by atoms with Crippen molar-refractivity contribution in [2.75, 3.05) is 6.61 Å². The summed E-state index contributed by atoms with van der Waals surface area (Å²) in [6, 6.07) is 5.58. The number of hydrogen-bond donors (Lipinski definition) is 1.